The minimum Gasteiger partial charge on any atom is -0.504 e. The number of pyridine rings is 1. The number of rotatable bonds is 14. The van der Waals surface area contributed by atoms with Crippen molar-refractivity contribution in [3.05, 3.63) is 76.9 Å². The highest BCUT2D eigenvalue weighted by atomic mass is 16.6. The van der Waals surface area contributed by atoms with E-state index in [2.05, 4.69) is 15.5 Å². The lowest BCUT2D eigenvalue weighted by molar-refractivity contribution is 0.0203. The molecule has 4 aromatic heterocycles. The Morgan fingerprint density at radius 1 is 0.897 bits per heavy atom. The summed E-state index contributed by atoms with van der Waals surface area (Å²) in [5.74, 6) is 1.84. The molecule has 0 fully saturated rings. The number of benzene rings is 2. The third-order valence-corrected chi connectivity index (χ3v) is 9.27. The van der Waals surface area contributed by atoms with Gasteiger partial charge in [-0.15, -0.1) is 0 Å². The van der Waals surface area contributed by atoms with Gasteiger partial charge in [0.15, 0.2) is 17.2 Å². The summed E-state index contributed by atoms with van der Waals surface area (Å²) in [6.07, 6.45) is 0.971. The highest BCUT2D eigenvalue weighted by molar-refractivity contribution is 6.00. The van der Waals surface area contributed by atoms with Crippen molar-refractivity contribution < 1.29 is 42.8 Å². The van der Waals surface area contributed by atoms with E-state index in [4.69, 9.17) is 38.1 Å². The Labute approximate surface area is 335 Å². The highest BCUT2D eigenvalue weighted by Crippen LogP contribution is 2.38. The predicted octanol–water partition coefficient (Wildman–Crippen LogP) is 6.42. The maximum Gasteiger partial charge on any atom is 0.411 e. The Hall–Kier alpha value is -6.78. The smallest absolute Gasteiger partial charge is 0.411 e. The van der Waals surface area contributed by atoms with Crippen molar-refractivity contribution in [2.24, 2.45) is 7.05 Å². The molecular formula is C41H48N8O9. The molecule has 0 saturated heterocycles. The molecule has 0 spiro atoms. The second-order valence-corrected chi connectivity index (χ2v) is 14.3. The average molecular weight is 797 g/mol. The summed E-state index contributed by atoms with van der Waals surface area (Å²) in [5, 5.41) is 23.6. The van der Waals surface area contributed by atoms with Gasteiger partial charge in [0, 0.05) is 48.8 Å². The van der Waals surface area contributed by atoms with Gasteiger partial charge in [-0.2, -0.15) is 10.2 Å². The summed E-state index contributed by atoms with van der Waals surface area (Å²) >= 11 is 0. The zero-order valence-electron chi connectivity index (χ0n) is 34.3. The number of aryl methyl sites for hydroxylation is 3. The standard InChI is InChI=1S/C41H48N8O9/c1-11-49-36(37(50)23(2)46-49)39-45-35(33(57-39)22-48(40(52)58-41(3,4)5)21-25-13-15-27(54-8)17-32(25)56-10)34-28-20-43-47(6)30(28)18-29(44-34)38(51)42-19-24-12-14-26(53-7)16-31(24)55-9/h12-18,20,50H,11,19,21-22H2,1-10H3,(H,42,51). The van der Waals surface area contributed by atoms with Crippen LogP contribution in [-0.2, 0) is 38.0 Å². The van der Waals surface area contributed by atoms with E-state index in [0.29, 0.717) is 51.7 Å². The molecule has 6 rings (SSSR count). The van der Waals surface area contributed by atoms with Crippen LogP contribution in [0.25, 0.3) is 33.9 Å². The number of nitrogens with one attached hydrogen (secondary N) is 1. The topological polar surface area (TPSA) is 190 Å². The van der Waals surface area contributed by atoms with E-state index >= 15 is 0 Å². The van der Waals surface area contributed by atoms with Crippen LogP contribution in [0.1, 0.15) is 60.8 Å². The molecule has 0 atom stereocenters. The number of hydrogen-bond donors (Lipinski definition) is 2. The summed E-state index contributed by atoms with van der Waals surface area (Å²) < 4.78 is 37.5. The Kier molecular flexibility index (Phi) is 11.8. The van der Waals surface area contributed by atoms with E-state index in [9.17, 15) is 14.7 Å². The van der Waals surface area contributed by atoms with Crippen LogP contribution in [-0.4, -0.2) is 85.6 Å². The SMILES string of the molecule is CCn1nc(C)c(O)c1-c1nc(-c2nc(C(=O)NCc3ccc(OC)cc3OC)cc3c2cnn3C)c(CN(Cc2ccc(OC)cc2OC)C(=O)OC(C)(C)C)o1. The number of oxazole rings is 1. The molecular weight excluding hydrogens is 748 g/mol. The zero-order chi connectivity index (χ0) is 41.9. The minimum atomic E-state index is -0.841. The van der Waals surface area contributed by atoms with Gasteiger partial charge in [0.25, 0.3) is 5.91 Å². The largest absolute Gasteiger partial charge is 0.504 e. The number of methoxy groups -OCH3 is 4. The predicted molar refractivity (Wildman–Crippen MR) is 213 cm³/mol. The lowest BCUT2D eigenvalue weighted by Crippen LogP contribution is -2.36. The fourth-order valence-electron chi connectivity index (χ4n) is 6.33. The number of aromatic nitrogens is 6. The first-order valence-corrected chi connectivity index (χ1v) is 18.5. The molecule has 0 bridgehead atoms. The second kappa shape index (κ2) is 16.8. The minimum absolute atomic E-state index is 0.0245. The summed E-state index contributed by atoms with van der Waals surface area (Å²) in [5.41, 5.74) is 2.26. The molecule has 0 radical (unpaired) electrons. The van der Waals surface area contributed by atoms with Crippen LogP contribution in [0.15, 0.2) is 53.1 Å². The van der Waals surface area contributed by atoms with Gasteiger partial charge in [-0.1, -0.05) is 0 Å². The molecule has 17 nitrogen and oxygen atoms in total. The maximum atomic E-state index is 14.0. The van der Waals surface area contributed by atoms with E-state index in [0.717, 1.165) is 5.56 Å². The van der Waals surface area contributed by atoms with E-state index in [1.54, 1.807) is 114 Å². The van der Waals surface area contributed by atoms with E-state index in [-0.39, 0.29) is 59.8 Å². The lowest BCUT2D eigenvalue weighted by Gasteiger charge is -2.27. The molecule has 17 heteroatoms. The molecule has 4 heterocycles. The number of nitrogens with zero attached hydrogens (tertiary/aromatic N) is 7. The fraction of sp³-hybridized carbons (Fsp3) is 0.366. The van der Waals surface area contributed by atoms with Crippen molar-refractivity contribution in [3.63, 3.8) is 0 Å². The van der Waals surface area contributed by atoms with Crippen molar-refractivity contribution in [2.75, 3.05) is 28.4 Å². The Morgan fingerprint density at radius 2 is 1.55 bits per heavy atom. The Bertz CT molecular complexity index is 2460. The van der Waals surface area contributed by atoms with Gasteiger partial charge in [0.2, 0.25) is 5.89 Å². The van der Waals surface area contributed by atoms with E-state index in [1.807, 2.05) is 6.92 Å². The highest BCUT2D eigenvalue weighted by Gasteiger charge is 2.31. The van der Waals surface area contributed by atoms with Crippen molar-refractivity contribution in [1.82, 2.24) is 39.7 Å². The monoisotopic (exact) mass is 796 g/mol. The van der Waals surface area contributed by atoms with Crippen LogP contribution in [0.5, 0.6) is 28.7 Å². The van der Waals surface area contributed by atoms with Gasteiger partial charge in [-0.3, -0.25) is 19.1 Å². The van der Waals surface area contributed by atoms with Crippen LogP contribution in [0.4, 0.5) is 4.79 Å². The molecule has 2 N–H and O–H groups in total. The van der Waals surface area contributed by atoms with Crippen LogP contribution >= 0.6 is 0 Å². The average Bonchev–Trinajstić information content (AvgIpc) is 3.89. The van der Waals surface area contributed by atoms with Gasteiger partial charge in [-0.25, -0.2) is 14.8 Å². The molecule has 0 aliphatic carbocycles. The van der Waals surface area contributed by atoms with E-state index < -0.39 is 17.6 Å². The van der Waals surface area contributed by atoms with Crippen molar-refractivity contribution in [2.45, 2.75) is 66.4 Å². The molecule has 58 heavy (non-hydrogen) atoms. The van der Waals surface area contributed by atoms with E-state index in [1.165, 1.54) is 12.0 Å². The number of carbonyl (C=O) groups excluding carboxylic acids is 2. The lowest BCUT2D eigenvalue weighted by atomic mass is 10.1. The summed E-state index contributed by atoms with van der Waals surface area (Å²) in [4.78, 5) is 39.1. The molecule has 0 saturated carbocycles. The van der Waals surface area contributed by atoms with Gasteiger partial charge < -0.3 is 38.5 Å². The number of aromatic hydroxyl groups is 1. The molecule has 306 valence electrons. The molecule has 0 aliphatic rings. The third-order valence-electron chi connectivity index (χ3n) is 9.27. The van der Waals surface area contributed by atoms with Gasteiger partial charge in [-0.05, 0) is 65.0 Å². The zero-order valence-corrected chi connectivity index (χ0v) is 34.3. The van der Waals surface area contributed by atoms with Crippen molar-refractivity contribution in [1.29, 1.82) is 0 Å². The number of amides is 2. The second-order valence-electron chi connectivity index (χ2n) is 14.3. The number of ether oxygens (including phenoxy) is 5. The Morgan fingerprint density at radius 3 is 2.17 bits per heavy atom. The molecule has 0 aliphatic heterocycles. The van der Waals surface area contributed by atoms with Gasteiger partial charge in [0.1, 0.15) is 51.4 Å². The van der Waals surface area contributed by atoms with Crippen LogP contribution in [0.3, 0.4) is 0 Å². The fourth-order valence-corrected chi connectivity index (χ4v) is 6.33. The van der Waals surface area contributed by atoms with Crippen LogP contribution in [0.2, 0.25) is 0 Å². The maximum absolute atomic E-state index is 14.0. The molecule has 2 amide bonds. The Balaban J connectivity index is 1.49. The van der Waals surface area contributed by atoms with Crippen LogP contribution < -0.4 is 24.3 Å². The third kappa shape index (κ3) is 8.47. The summed E-state index contributed by atoms with van der Waals surface area (Å²) in [6.45, 7) is 9.24. The first-order chi connectivity index (χ1) is 27.7. The van der Waals surface area contributed by atoms with Crippen molar-refractivity contribution >= 4 is 22.9 Å². The first-order valence-electron chi connectivity index (χ1n) is 18.5. The number of fused-ring (bicyclic) bond motifs is 1. The molecule has 2 aromatic carbocycles. The molecule has 0 unspecified atom stereocenters. The van der Waals surface area contributed by atoms with Gasteiger partial charge >= 0.3 is 6.09 Å². The number of carbonyl (C=O) groups is 2. The van der Waals surface area contributed by atoms with Crippen LogP contribution in [0, 0.1) is 6.92 Å². The number of hydrogen-bond acceptors (Lipinski definition) is 13. The summed E-state index contributed by atoms with van der Waals surface area (Å²) in [6, 6.07) is 12.2. The quantitative estimate of drug-likeness (QED) is 0.123. The normalized spacial score (nSPS) is 11.4. The van der Waals surface area contributed by atoms with Crippen molar-refractivity contribution in [3.8, 4) is 51.7 Å². The summed E-state index contributed by atoms with van der Waals surface area (Å²) in [7, 11) is 7.94. The molecule has 6 aromatic rings. The van der Waals surface area contributed by atoms with Gasteiger partial charge in [0.05, 0.1) is 53.2 Å². The first kappa shape index (κ1) is 40.9.